The van der Waals surface area contributed by atoms with Crippen molar-refractivity contribution in [3.63, 3.8) is 0 Å². The molecule has 0 unspecified atom stereocenters. The Balaban J connectivity index is 1.08. The first-order valence-electron chi connectivity index (χ1n) is 11.3. The fraction of sp³-hybridized carbons (Fsp3) is 0.333. The number of hydrogen-bond donors (Lipinski definition) is 1. The number of nitrogens with zero attached hydrogens (tertiary/aromatic N) is 4. The van der Waals surface area contributed by atoms with E-state index in [0.29, 0.717) is 17.8 Å². The average molecular weight is 542 g/mol. The van der Waals surface area contributed by atoms with Gasteiger partial charge in [0, 0.05) is 62.1 Å². The predicted molar refractivity (Wildman–Crippen MR) is 136 cm³/mol. The summed E-state index contributed by atoms with van der Waals surface area (Å²) in [6.07, 6.45) is 0.488. The number of carbonyl (C=O) groups is 3. The van der Waals surface area contributed by atoms with Crippen LogP contribution < -0.4 is 15.1 Å². The molecule has 34 heavy (non-hydrogen) atoms. The minimum absolute atomic E-state index is 0.162. The summed E-state index contributed by atoms with van der Waals surface area (Å²) in [5.41, 5.74) is 2.05. The highest BCUT2D eigenvalue weighted by Crippen LogP contribution is 2.31. The molecule has 2 aliphatic heterocycles. The van der Waals surface area contributed by atoms with Crippen LogP contribution in [-0.2, 0) is 9.59 Å². The second-order valence-corrected chi connectivity index (χ2v) is 10.3. The molecule has 2 fully saturated rings. The van der Waals surface area contributed by atoms with E-state index in [1.807, 2.05) is 12.1 Å². The number of halogens is 1. The first-order valence-corrected chi connectivity index (χ1v) is 12.9. The molecule has 0 radical (unpaired) electrons. The standard InChI is InChI=1S/C24H24BrN5O3S/c25-17-3-6-19-20(15-17)34-24(27-19)29-13-11-28(12-14-29)10-9-26-23(33)16-1-4-18(5-2-16)30-21(31)7-8-22(30)32/h1-6,15H,7-14H2,(H,26,33). The Hall–Kier alpha value is -2.82. The first kappa shape index (κ1) is 22.9. The van der Waals surface area contributed by atoms with Gasteiger partial charge in [-0.15, -0.1) is 0 Å². The highest BCUT2D eigenvalue weighted by Gasteiger charge is 2.30. The lowest BCUT2D eigenvalue weighted by atomic mass is 10.2. The van der Waals surface area contributed by atoms with Crippen LogP contribution in [0.2, 0.25) is 0 Å². The number of rotatable bonds is 6. The van der Waals surface area contributed by atoms with Crippen molar-refractivity contribution in [1.29, 1.82) is 0 Å². The Morgan fingerprint density at radius 2 is 1.71 bits per heavy atom. The summed E-state index contributed by atoms with van der Waals surface area (Å²) in [5.74, 6) is -0.554. The molecule has 5 rings (SSSR count). The third-order valence-corrected chi connectivity index (χ3v) is 7.71. The molecule has 2 aliphatic rings. The second kappa shape index (κ2) is 9.81. The fourth-order valence-corrected chi connectivity index (χ4v) is 5.81. The minimum atomic E-state index is -0.196. The monoisotopic (exact) mass is 541 g/mol. The van der Waals surface area contributed by atoms with Crippen LogP contribution in [0.1, 0.15) is 23.2 Å². The highest BCUT2D eigenvalue weighted by atomic mass is 79.9. The summed E-state index contributed by atoms with van der Waals surface area (Å²) >= 11 is 5.23. The molecule has 3 amide bonds. The van der Waals surface area contributed by atoms with Crippen LogP contribution in [0.15, 0.2) is 46.9 Å². The van der Waals surface area contributed by atoms with E-state index >= 15 is 0 Å². The number of nitrogens with one attached hydrogen (secondary N) is 1. The molecule has 1 N–H and O–H groups in total. The number of anilines is 2. The van der Waals surface area contributed by atoms with Gasteiger partial charge in [0.1, 0.15) is 0 Å². The number of hydrogen-bond acceptors (Lipinski definition) is 7. The summed E-state index contributed by atoms with van der Waals surface area (Å²) in [5, 5.41) is 4.02. The fourth-order valence-electron chi connectivity index (χ4n) is 4.24. The van der Waals surface area contributed by atoms with Gasteiger partial charge in [-0.1, -0.05) is 27.3 Å². The maximum atomic E-state index is 12.5. The lowest BCUT2D eigenvalue weighted by Crippen LogP contribution is -2.48. The molecule has 0 atom stereocenters. The van der Waals surface area contributed by atoms with Gasteiger partial charge in [-0.25, -0.2) is 4.98 Å². The Morgan fingerprint density at radius 1 is 1.00 bits per heavy atom. The van der Waals surface area contributed by atoms with Crippen LogP contribution in [0.4, 0.5) is 10.8 Å². The lowest BCUT2D eigenvalue weighted by Gasteiger charge is -2.34. The van der Waals surface area contributed by atoms with Crippen molar-refractivity contribution < 1.29 is 14.4 Å². The molecule has 0 aliphatic carbocycles. The Morgan fingerprint density at radius 3 is 2.41 bits per heavy atom. The van der Waals surface area contributed by atoms with Gasteiger partial charge < -0.3 is 10.2 Å². The number of thiazole rings is 1. The van der Waals surface area contributed by atoms with Crippen molar-refractivity contribution in [3.8, 4) is 0 Å². The molecule has 10 heteroatoms. The van der Waals surface area contributed by atoms with Crippen LogP contribution in [0.5, 0.6) is 0 Å². The smallest absolute Gasteiger partial charge is 0.251 e. The number of piperazine rings is 1. The summed E-state index contributed by atoms with van der Waals surface area (Å²) in [6.45, 7) is 4.99. The predicted octanol–water partition coefficient (Wildman–Crippen LogP) is 3.26. The molecular weight excluding hydrogens is 518 g/mol. The van der Waals surface area contributed by atoms with Crippen molar-refractivity contribution >= 4 is 66.0 Å². The lowest BCUT2D eigenvalue weighted by molar-refractivity contribution is -0.121. The van der Waals surface area contributed by atoms with Gasteiger partial charge >= 0.3 is 0 Å². The molecule has 176 valence electrons. The van der Waals surface area contributed by atoms with Gasteiger partial charge in [0.25, 0.3) is 5.91 Å². The summed E-state index contributed by atoms with van der Waals surface area (Å²) in [6, 6.07) is 12.8. The van der Waals surface area contributed by atoms with Crippen LogP contribution in [0, 0.1) is 0 Å². The van der Waals surface area contributed by atoms with Gasteiger partial charge in [0.15, 0.2) is 5.13 Å². The van der Waals surface area contributed by atoms with E-state index in [9.17, 15) is 14.4 Å². The SMILES string of the molecule is O=C(NCCN1CCN(c2nc3ccc(Br)cc3s2)CC1)c1ccc(N2C(=O)CCC2=O)cc1. The maximum Gasteiger partial charge on any atom is 0.251 e. The summed E-state index contributed by atoms with van der Waals surface area (Å²) in [7, 11) is 0. The number of amides is 3. The van der Waals surface area contributed by atoms with Gasteiger partial charge in [-0.2, -0.15) is 0 Å². The Labute approximate surface area is 209 Å². The summed E-state index contributed by atoms with van der Waals surface area (Å²) < 4.78 is 2.25. The normalized spacial score (nSPS) is 17.1. The van der Waals surface area contributed by atoms with Crippen LogP contribution in [0.25, 0.3) is 10.2 Å². The molecule has 0 bridgehead atoms. The van der Waals surface area contributed by atoms with Gasteiger partial charge in [0.2, 0.25) is 11.8 Å². The van der Waals surface area contributed by atoms with Gasteiger partial charge in [-0.05, 0) is 42.5 Å². The second-order valence-electron chi connectivity index (χ2n) is 8.36. The molecule has 2 saturated heterocycles. The van der Waals surface area contributed by atoms with E-state index in [1.54, 1.807) is 35.6 Å². The van der Waals surface area contributed by atoms with E-state index in [-0.39, 0.29) is 30.6 Å². The molecule has 0 spiro atoms. The zero-order chi connectivity index (χ0) is 23.7. The van der Waals surface area contributed by atoms with Crippen LogP contribution >= 0.6 is 27.3 Å². The molecule has 3 heterocycles. The highest BCUT2D eigenvalue weighted by molar-refractivity contribution is 9.10. The van der Waals surface area contributed by atoms with Gasteiger partial charge in [0.05, 0.1) is 15.9 Å². The number of carbonyl (C=O) groups excluding carboxylic acids is 3. The average Bonchev–Trinajstić information content (AvgIpc) is 3.41. The Kier molecular flexibility index (Phi) is 6.62. The third kappa shape index (κ3) is 4.84. The van der Waals surface area contributed by atoms with Crippen molar-refractivity contribution in [1.82, 2.24) is 15.2 Å². The summed E-state index contributed by atoms with van der Waals surface area (Å²) in [4.78, 5) is 46.8. The number of fused-ring (bicyclic) bond motifs is 1. The van der Waals surface area contributed by atoms with E-state index < -0.39 is 0 Å². The van der Waals surface area contributed by atoms with Crippen LogP contribution in [0.3, 0.4) is 0 Å². The molecule has 3 aromatic rings. The van der Waals surface area contributed by atoms with Crippen molar-refractivity contribution in [2.75, 3.05) is 49.1 Å². The van der Waals surface area contributed by atoms with E-state index in [1.165, 1.54) is 9.60 Å². The van der Waals surface area contributed by atoms with Crippen LogP contribution in [-0.4, -0.2) is 66.9 Å². The number of aromatic nitrogens is 1. The number of benzene rings is 2. The van der Waals surface area contributed by atoms with Crippen molar-refractivity contribution in [2.24, 2.45) is 0 Å². The molecule has 8 nitrogen and oxygen atoms in total. The Bertz CT molecular complexity index is 1220. The quantitative estimate of drug-likeness (QED) is 0.482. The van der Waals surface area contributed by atoms with Gasteiger partial charge in [-0.3, -0.25) is 24.2 Å². The minimum Gasteiger partial charge on any atom is -0.351 e. The van der Waals surface area contributed by atoms with E-state index in [2.05, 4.69) is 37.1 Å². The number of imide groups is 1. The first-order chi connectivity index (χ1) is 16.5. The largest absolute Gasteiger partial charge is 0.351 e. The van der Waals surface area contributed by atoms with E-state index in [4.69, 9.17) is 4.98 Å². The molecule has 1 aromatic heterocycles. The topological polar surface area (TPSA) is 85.8 Å². The van der Waals surface area contributed by atoms with Crippen molar-refractivity contribution in [2.45, 2.75) is 12.8 Å². The molecular formula is C24H24BrN5O3S. The maximum absolute atomic E-state index is 12.5. The zero-order valence-electron chi connectivity index (χ0n) is 18.5. The zero-order valence-corrected chi connectivity index (χ0v) is 20.9. The third-order valence-electron chi connectivity index (χ3n) is 6.13. The molecule has 0 saturated carbocycles. The van der Waals surface area contributed by atoms with Crippen molar-refractivity contribution in [3.05, 3.63) is 52.5 Å². The molecule has 2 aromatic carbocycles. The van der Waals surface area contributed by atoms with E-state index in [0.717, 1.165) is 47.8 Å².